The Morgan fingerprint density at radius 2 is 1.72 bits per heavy atom. The van der Waals surface area contributed by atoms with Crippen LogP contribution in [0.4, 0.5) is 5.69 Å². The third-order valence-electron chi connectivity index (χ3n) is 3.65. The van der Waals surface area contributed by atoms with E-state index in [1.54, 1.807) is 37.3 Å². The molecule has 6 nitrogen and oxygen atoms in total. The summed E-state index contributed by atoms with van der Waals surface area (Å²) in [7, 11) is -0.563. The molecule has 0 aliphatic heterocycles. The van der Waals surface area contributed by atoms with Crippen molar-refractivity contribution < 1.29 is 22.7 Å². The number of hydrogen-bond donors (Lipinski definition) is 1. The molecule has 1 amide bonds. The molecule has 7 heteroatoms. The topological polar surface area (TPSA) is 81.7 Å². The molecule has 0 heterocycles. The highest BCUT2D eigenvalue weighted by Crippen LogP contribution is 2.28. The van der Waals surface area contributed by atoms with Gasteiger partial charge in [-0.15, -0.1) is 0 Å². The van der Waals surface area contributed by atoms with Crippen molar-refractivity contribution in [1.82, 2.24) is 0 Å². The Kier molecular flexibility index (Phi) is 6.03. The van der Waals surface area contributed by atoms with E-state index in [0.717, 1.165) is 0 Å². The zero-order valence-corrected chi connectivity index (χ0v) is 15.2. The first kappa shape index (κ1) is 18.8. The molecule has 0 radical (unpaired) electrons. The summed E-state index contributed by atoms with van der Waals surface area (Å²) in [5.74, 6) is 0.699. The Hall–Kier alpha value is -2.54. The van der Waals surface area contributed by atoms with E-state index in [4.69, 9.17) is 9.47 Å². The minimum atomic E-state index is -3.57. The predicted molar refractivity (Wildman–Crippen MR) is 95.8 cm³/mol. The van der Waals surface area contributed by atoms with Crippen molar-refractivity contribution >= 4 is 21.4 Å². The van der Waals surface area contributed by atoms with E-state index in [-0.39, 0.29) is 16.6 Å². The molecule has 0 saturated heterocycles. The van der Waals surface area contributed by atoms with Crippen molar-refractivity contribution in [3.63, 3.8) is 0 Å². The quantitative estimate of drug-likeness (QED) is 0.818. The second-order valence-electron chi connectivity index (χ2n) is 5.36. The average molecular weight is 363 g/mol. The molecule has 2 aromatic rings. The fourth-order valence-corrected chi connectivity index (χ4v) is 3.63. The van der Waals surface area contributed by atoms with Crippen LogP contribution in [0.1, 0.15) is 18.9 Å². The lowest BCUT2D eigenvalue weighted by Gasteiger charge is -2.11. The number of methoxy groups -OCH3 is 2. The summed E-state index contributed by atoms with van der Waals surface area (Å²) in [5.41, 5.74) is 1.08. The molecular formula is C18H21NO5S. The number of carbonyl (C=O) groups excluding carboxylic acids is 1. The Balaban J connectivity index is 2.26. The van der Waals surface area contributed by atoms with Gasteiger partial charge in [0.05, 0.1) is 24.9 Å². The van der Waals surface area contributed by atoms with E-state index in [1.807, 2.05) is 0 Å². The van der Waals surface area contributed by atoms with Gasteiger partial charge in [0.25, 0.3) is 0 Å². The SMILES string of the molecule is CCC(=O)Nc1ccc(S(=O)(=O)Cc2cc(OC)ccc2OC)cc1. The van der Waals surface area contributed by atoms with Gasteiger partial charge < -0.3 is 14.8 Å². The van der Waals surface area contributed by atoms with Gasteiger partial charge in [-0.3, -0.25) is 4.79 Å². The third kappa shape index (κ3) is 4.73. The molecule has 134 valence electrons. The van der Waals surface area contributed by atoms with Crippen LogP contribution in [0, 0.1) is 0 Å². The molecule has 0 fully saturated rings. The summed E-state index contributed by atoms with van der Waals surface area (Å²) in [6.07, 6.45) is 0.357. The monoisotopic (exact) mass is 363 g/mol. The van der Waals surface area contributed by atoms with Crippen LogP contribution in [-0.4, -0.2) is 28.5 Å². The summed E-state index contributed by atoms with van der Waals surface area (Å²) < 4.78 is 35.7. The van der Waals surface area contributed by atoms with E-state index in [0.29, 0.717) is 29.2 Å². The summed E-state index contributed by atoms with van der Waals surface area (Å²) >= 11 is 0. The molecule has 0 aliphatic carbocycles. The van der Waals surface area contributed by atoms with E-state index in [1.165, 1.54) is 26.4 Å². The number of hydrogen-bond acceptors (Lipinski definition) is 5. The maximum Gasteiger partial charge on any atom is 0.224 e. The van der Waals surface area contributed by atoms with Gasteiger partial charge in [-0.05, 0) is 42.5 Å². The van der Waals surface area contributed by atoms with E-state index < -0.39 is 9.84 Å². The Bertz CT molecular complexity index is 844. The van der Waals surface area contributed by atoms with Crippen LogP contribution in [0.3, 0.4) is 0 Å². The summed E-state index contributed by atoms with van der Waals surface area (Å²) in [4.78, 5) is 11.6. The van der Waals surface area contributed by atoms with Gasteiger partial charge in [0.2, 0.25) is 5.91 Å². The standard InChI is InChI=1S/C18H21NO5S/c1-4-18(20)19-14-5-8-16(9-6-14)25(21,22)12-13-11-15(23-2)7-10-17(13)24-3/h5-11H,4,12H2,1-3H3,(H,19,20). The molecule has 0 spiro atoms. The van der Waals surface area contributed by atoms with Crippen LogP contribution in [0.5, 0.6) is 11.5 Å². The number of carbonyl (C=O) groups is 1. The number of benzene rings is 2. The summed E-state index contributed by atoms with van der Waals surface area (Å²) in [6, 6.07) is 11.1. The summed E-state index contributed by atoms with van der Waals surface area (Å²) in [5, 5.41) is 2.68. The summed E-state index contributed by atoms with van der Waals surface area (Å²) in [6.45, 7) is 1.75. The van der Waals surface area contributed by atoms with Crippen LogP contribution in [0.2, 0.25) is 0 Å². The molecule has 1 N–H and O–H groups in total. The number of sulfone groups is 1. The molecule has 2 rings (SSSR count). The van der Waals surface area contributed by atoms with E-state index in [2.05, 4.69) is 5.32 Å². The number of anilines is 1. The van der Waals surface area contributed by atoms with E-state index >= 15 is 0 Å². The average Bonchev–Trinajstić information content (AvgIpc) is 2.61. The Labute approximate surface area is 147 Å². The number of rotatable bonds is 7. The van der Waals surface area contributed by atoms with Crippen molar-refractivity contribution in [1.29, 1.82) is 0 Å². The zero-order chi connectivity index (χ0) is 18.4. The van der Waals surface area contributed by atoms with Crippen LogP contribution in [0.15, 0.2) is 47.4 Å². The molecule has 0 aliphatic rings. The lowest BCUT2D eigenvalue weighted by molar-refractivity contribution is -0.115. The molecule has 0 aromatic heterocycles. The maximum absolute atomic E-state index is 12.7. The Morgan fingerprint density at radius 1 is 1.04 bits per heavy atom. The fourth-order valence-electron chi connectivity index (χ4n) is 2.28. The normalized spacial score (nSPS) is 11.0. The van der Waals surface area contributed by atoms with Gasteiger partial charge in [0.1, 0.15) is 11.5 Å². The fraction of sp³-hybridized carbons (Fsp3) is 0.278. The van der Waals surface area contributed by atoms with Gasteiger partial charge in [-0.2, -0.15) is 0 Å². The highest BCUT2D eigenvalue weighted by atomic mass is 32.2. The van der Waals surface area contributed by atoms with Gasteiger partial charge in [0.15, 0.2) is 9.84 Å². The molecular weight excluding hydrogens is 342 g/mol. The largest absolute Gasteiger partial charge is 0.497 e. The number of ether oxygens (including phenoxy) is 2. The highest BCUT2D eigenvalue weighted by Gasteiger charge is 2.18. The molecule has 25 heavy (non-hydrogen) atoms. The third-order valence-corrected chi connectivity index (χ3v) is 5.33. The lowest BCUT2D eigenvalue weighted by Crippen LogP contribution is -2.10. The molecule has 0 bridgehead atoms. The van der Waals surface area contributed by atoms with Crippen LogP contribution in [0.25, 0.3) is 0 Å². The van der Waals surface area contributed by atoms with Gasteiger partial charge in [-0.25, -0.2) is 8.42 Å². The van der Waals surface area contributed by atoms with Crippen molar-refractivity contribution in [2.45, 2.75) is 24.0 Å². The number of nitrogens with one attached hydrogen (secondary N) is 1. The molecule has 2 aromatic carbocycles. The van der Waals surface area contributed by atoms with Crippen LogP contribution in [-0.2, 0) is 20.4 Å². The predicted octanol–water partition coefficient (Wildman–Crippen LogP) is 3.03. The van der Waals surface area contributed by atoms with Crippen LogP contribution < -0.4 is 14.8 Å². The molecule has 0 unspecified atom stereocenters. The first-order valence-corrected chi connectivity index (χ1v) is 9.38. The van der Waals surface area contributed by atoms with Crippen LogP contribution >= 0.6 is 0 Å². The second kappa shape index (κ2) is 8.02. The molecule has 0 atom stereocenters. The van der Waals surface area contributed by atoms with Crippen molar-refractivity contribution in [3.05, 3.63) is 48.0 Å². The second-order valence-corrected chi connectivity index (χ2v) is 7.35. The van der Waals surface area contributed by atoms with Crippen molar-refractivity contribution in [2.75, 3.05) is 19.5 Å². The van der Waals surface area contributed by atoms with Crippen molar-refractivity contribution in [2.24, 2.45) is 0 Å². The molecule has 0 saturated carbocycles. The smallest absolute Gasteiger partial charge is 0.224 e. The first-order valence-electron chi connectivity index (χ1n) is 7.73. The zero-order valence-electron chi connectivity index (χ0n) is 14.4. The van der Waals surface area contributed by atoms with E-state index in [9.17, 15) is 13.2 Å². The Morgan fingerprint density at radius 3 is 2.28 bits per heavy atom. The minimum Gasteiger partial charge on any atom is -0.497 e. The highest BCUT2D eigenvalue weighted by molar-refractivity contribution is 7.90. The first-order chi connectivity index (χ1) is 11.9. The minimum absolute atomic E-state index is 0.128. The van der Waals surface area contributed by atoms with Gasteiger partial charge in [-0.1, -0.05) is 6.92 Å². The van der Waals surface area contributed by atoms with Gasteiger partial charge >= 0.3 is 0 Å². The van der Waals surface area contributed by atoms with Crippen molar-refractivity contribution in [3.8, 4) is 11.5 Å². The van der Waals surface area contributed by atoms with Gasteiger partial charge in [0, 0.05) is 17.7 Å². The lowest BCUT2D eigenvalue weighted by atomic mass is 10.2. The maximum atomic E-state index is 12.7. The number of amides is 1.